The van der Waals surface area contributed by atoms with E-state index in [0.29, 0.717) is 25.7 Å². The number of ketones is 1. The average Bonchev–Trinajstić information content (AvgIpc) is 1.86. The van der Waals surface area contributed by atoms with Crippen LogP contribution in [0, 0.1) is 28.1 Å². The first-order valence-electron chi connectivity index (χ1n) is 3.48. The van der Waals surface area contributed by atoms with Gasteiger partial charge in [0.1, 0.15) is 5.78 Å². The van der Waals surface area contributed by atoms with Crippen molar-refractivity contribution in [2.45, 2.75) is 25.7 Å². The molecule has 0 bridgehead atoms. The summed E-state index contributed by atoms with van der Waals surface area (Å²) in [6, 6.07) is 4.03. The van der Waals surface area contributed by atoms with Gasteiger partial charge in [-0.25, -0.2) is 0 Å². The van der Waals surface area contributed by atoms with Gasteiger partial charge in [0.2, 0.25) is 0 Å². The summed E-state index contributed by atoms with van der Waals surface area (Å²) in [6.45, 7) is 0. The Morgan fingerprint density at radius 1 is 1.27 bits per heavy atom. The maximum atomic E-state index is 10.6. The van der Waals surface area contributed by atoms with Crippen LogP contribution < -0.4 is 0 Å². The van der Waals surface area contributed by atoms with E-state index in [1.165, 1.54) is 0 Å². The summed E-state index contributed by atoms with van der Waals surface area (Å²) in [5, 5.41) is 16.8. The fourth-order valence-electron chi connectivity index (χ4n) is 1.43. The summed E-state index contributed by atoms with van der Waals surface area (Å²) in [4.78, 5) is 10.6. The van der Waals surface area contributed by atoms with E-state index in [4.69, 9.17) is 10.5 Å². The molecule has 0 heterocycles. The van der Waals surface area contributed by atoms with Crippen molar-refractivity contribution < 1.29 is 4.79 Å². The Bertz CT molecular complexity index is 230. The van der Waals surface area contributed by atoms with E-state index in [-0.39, 0.29) is 11.2 Å². The second-order valence-electron chi connectivity index (χ2n) is 3.06. The van der Waals surface area contributed by atoms with Crippen molar-refractivity contribution >= 4 is 5.78 Å². The molecule has 3 heteroatoms. The number of nitriles is 2. The van der Waals surface area contributed by atoms with Crippen molar-refractivity contribution in [3.05, 3.63) is 0 Å². The van der Waals surface area contributed by atoms with Gasteiger partial charge in [0.05, 0.1) is 12.1 Å². The van der Waals surface area contributed by atoms with Crippen molar-refractivity contribution in [3.63, 3.8) is 0 Å². The zero-order valence-corrected chi connectivity index (χ0v) is 6.13. The maximum absolute atomic E-state index is 10.6. The first-order chi connectivity index (χ1) is 5.22. The van der Waals surface area contributed by atoms with Crippen LogP contribution in [-0.2, 0) is 4.79 Å². The smallest absolute Gasteiger partial charge is 0.134 e. The maximum Gasteiger partial charge on any atom is 0.134 e. The van der Waals surface area contributed by atoms with E-state index >= 15 is 0 Å². The summed E-state index contributed by atoms with van der Waals surface area (Å²) in [6.07, 6.45) is 1.53. The Balaban J connectivity index is 2.56. The molecule has 11 heavy (non-hydrogen) atoms. The Kier molecular flexibility index (Phi) is 1.92. The van der Waals surface area contributed by atoms with Gasteiger partial charge in [-0.2, -0.15) is 10.5 Å². The molecule has 0 aromatic heterocycles. The number of carbonyl (C=O) groups is 1. The number of nitrogens with zero attached hydrogens (tertiary/aromatic N) is 2. The molecule has 0 atom stereocenters. The van der Waals surface area contributed by atoms with Gasteiger partial charge in [-0.3, -0.25) is 4.79 Å². The highest BCUT2D eigenvalue weighted by Crippen LogP contribution is 2.43. The molecule has 1 rings (SSSR count). The molecule has 0 aliphatic heterocycles. The van der Waals surface area contributed by atoms with E-state index < -0.39 is 0 Å². The highest BCUT2D eigenvalue weighted by Gasteiger charge is 2.42. The highest BCUT2D eigenvalue weighted by atomic mass is 16.1. The second-order valence-corrected chi connectivity index (χ2v) is 3.06. The van der Waals surface area contributed by atoms with Crippen LogP contribution in [0.3, 0.4) is 0 Å². The van der Waals surface area contributed by atoms with Crippen molar-refractivity contribution in [3.8, 4) is 12.1 Å². The third-order valence-electron chi connectivity index (χ3n) is 2.05. The number of Topliss-reactive ketones (excluding diaryl/α,β-unsaturated/α-hetero) is 1. The van der Waals surface area contributed by atoms with Crippen LogP contribution >= 0.6 is 0 Å². The standard InChI is InChI=1S/C8H8N2O/c9-3-1-8(2-4-10)5-7(11)6-8/h1-2,5-6H2. The van der Waals surface area contributed by atoms with Crippen LogP contribution in [-0.4, -0.2) is 5.78 Å². The van der Waals surface area contributed by atoms with Crippen LogP contribution in [0.15, 0.2) is 0 Å². The van der Waals surface area contributed by atoms with Gasteiger partial charge in [-0.1, -0.05) is 0 Å². The lowest BCUT2D eigenvalue weighted by Gasteiger charge is -2.36. The van der Waals surface area contributed by atoms with E-state index in [2.05, 4.69) is 0 Å². The van der Waals surface area contributed by atoms with Gasteiger partial charge in [-0.05, 0) is 0 Å². The SMILES string of the molecule is N#CCC1(CC#N)CC(=O)C1. The summed E-state index contributed by atoms with van der Waals surface area (Å²) >= 11 is 0. The molecule has 1 aliphatic rings. The summed E-state index contributed by atoms with van der Waals surface area (Å²) in [5.74, 6) is 0.176. The minimum Gasteiger partial charge on any atom is -0.300 e. The van der Waals surface area contributed by atoms with Gasteiger partial charge in [0.25, 0.3) is 0 Å². The van der Waals surface area contributed by atoms with Crippen LogP contribution in [0.2, 0.25) is 0 Å². The molecule has 1 fully saturated rings. The second kappa shape index (κ2) is 2.72. The molecule has 0 unspecified atom stereocenters. The fourth-order valence-corrected chi connectivity index (χ4v) is 1.43. The Labute approximate surface area is 65.2 Å². The third-order valence-corrected chi connectivity index (χ3v) is 2.05. The van der Waals surface area contributed by atoms with Crippen LogP contribution in [0.5, 0.6) is 0 Å². The fraction of sp³-hybridized carbons (Fsp3) is 0.625. The van der Waals surface area contributed by atoms with Gasteiger partial charge in [0.15, 0.2) is 0 Å². The van der Waals surface area contributed by atoms with Crippen LogP contribution in [0.25, 0.3) is 0 Å². The molecule has 1 aliphatic carbocycles. The molecule has 0 spiro atoms. The van der Waals surface area contributed by atoms with E-state index in [1.807, 2.05) is 12.1 Å². The molecule has 56 valence electrons. The Hall–Kier alpha value is -1.35. The van der Waals surface area contributed by atoms with Crippen molar-refractivity contribution in [1.82, 2.24) is 0 Å². The normalized spacial score (nSPS) is 19.6. The molecule has 3 nitrogen and oxygen atoms in total. The molecule has 0 aromatic carbocycles. The first kappa shape index (κ1) is 7.75. The molecule has 0 aromatic rings. The first-order valence-corrected chi connectivity index (χ1v) is 3.48. The Morgan fingerprint density at radius 2 is 1.73 bits per heavy atom. The largest absolute Gasteiger partial charge is 0.300 e. The predicted octanol–water partition coefficient (Wildman–Crippen LogP) is 1.16. The molecule has 0 N–H and O–H groups in total. The molecule has 1 saturated carbocycles. The predicted molar refractivity (Wildman–Crippen MR) is 37.1 cm³/mol. The minimum atomic E-state index is -0.277. The zero-order valence-electron chi connectivity index (χ0n) is 6.13. The molecule has 0 amide bonds. The average molecular weight is 148 g/mol. The quantitative estimate of drug-likeness (QED) is 0.590. The van der Waals surface area contributed by atoms with Crippen molar-refractivity contribution in [2.75, 3.05) is 0 Å². The van der Waals surface area contributed by atoms with Gasteiger partial charge >= 0.3 is 0 Å². The Morgan fingerprint density at radius 3 is 2.00 bits per heavy atom. The van der Waals surface area contributed by atoms with E-state index in [1.54, 1.807) is 0 Å². The molecular formula is C8H8N2O. The van der Waals surface area contributed by atoms with E-state index in [0.717, 1.165) is 0 Å². The summed E-state index contributed by atoms with van der Waals surface area (Å²) in [5.41, 5.74) is -0.277. The van der Waals surface area contributed by atoms with Crippen LogP contribution in [0.4, 0.5) is 0 Å². The minimum absolute atomic E-state index is 0.176. The van der Waals surface area contributed by atoms with Gasteiger partial charge in [0, 0.05) is 31.1 Å². The molecular weight excluding hydrogens is 140 g/mol. The summed E-state index contributed by atoms with van der Waals surface area (Å²) in [7, 11) is 0. The zero-order chi connectivity index (χ0) is 8.32. The van der Waals surface area contributed by atoms with Crippen molar-refractivity contribution in [2.24, 2.45) is 5.41 Å². The molecule has 0 radical (unpaired) electrons. The third kappa shape index (κ3) is 1.38. The van der Waals surface area contributed by atoms with Crippen molar-refractivity contribution in [1.29, 1.82) is 10.5 Å². The lowest BCUT2D eigenvalue weighted by atomic mass is 9.64. The lowest BCUT2D eigenvalue weighted by Crippen LogP contribution is -2.36. The molecule has 0 saturated heterocycles. The number of hydrogen-bond acceptors (Lipinski definition) is 3. The lowest BCUT2D eigenvalue weighted by molar-refractivity contribution is -0.132. The number of carbonyl (C=O) groups excluding carboxylic acids is 1. The highest BCUT2D eigenvalue weighted by molar-refractivity contribution is 5.86. The monoisotopic (exact) mass is 148 g/mol. The summed E-state index contributed by atoms with van der Waals surface area (Å²) < 4.78 is 0. The topological polar surface area (TPSA) is 64.7 Å². The number of rotatable bonds is 2. The van der Waals surface area contributed by atoms with Gasteiger partial charge in [-0.15, -0.1) is 0 Å². The number of hydrogen-bond donors (Lipinski definition) is 0. The van der Waals surface area contributed by atoms with E-state index in [9.17, 15) is 4.79 Å². The van der Waals surface area contributed by atoms with Gasteiger partial charge < -0.3 is 0 Å². The van der Waals surface area contributed by atoms with Crippen LogP contribution in [0.1, 0.15) is 25.7 Å².